The first kappa shape index (κ1) is 18.2. The van der Waals surface area contributed by atoms with E-state index >= 15 is 0 Å². The SMILES string of the molecule is CC(C)(C)[C@@H]1NC(=O)CC[C@H]1NC(=O)c1cccc(Cn2ccnc2)c1. The normalized spacial score (nSPS) is 20.5. The average Bonchev–Trinajstić information content (AvgIpc) is 3.08. The number of hydrogen-bond acceptors (Lipinski definition) is 3. The number of hydrogen-bond donors (Lipinski definition) is 2. The summed E-state index contributed by atoms with van der Waals surface area (Å²) in [5, 5.41) is 6.17. The Hall–Kier alpha value is -2.63. The summed E-state index contributed by atoms with van der Waals surface area (Å²) in [6.07, 6.45) is 6.49. The van der Waals surface area contributed by atoms with E-state index in [4.69, 9.17) is 0 Å². The van der Waals surface area contributed by atoms with Crippen LogP contribution in [-0.4, -0.2) is 33.4 Å². The number of carbonyl (C=O) groups excluding carboxylic acids is 2. The second-order valence-corrected chi connectivity index (χ2v) is 7.97. The standard InChI is InChI=1S/C20H26N4O2/c1-20(2,3)18-16(7-8-17(25)23-18)22-19(26)15-6-4-5-14(11-15)12-24-10-9-21-13-24/h4-6,9-11,13,16,18H,7-8,12H2,1-3H3,(H,22,26)(H,23,25)/t16-,18-/m1/s1. The summed E-state index contributed by atoms with van der Waals surface area (Å²) in [5.41, 5.74) is 1.55. The van der Waals surface area contributed by atoms with Crippen LogP contribution >= 0.6 is 0 Å². The number of amides is 2. The number of carbonyl (C=O) groups is 2. The van der Waals surface area contributed by atoms with Gasteiger partial charge in [0.1, 0.15) is 0 Å². The maximum absolute atomic E-state index is 12.8. The van der Waals surface area contributed by atoms with Gasteiger partial charge in [-0.1, -0.05) is 32.9 Å². The predicted molar refractivity (Wildman–Crippen MR) is 99.6 cm³/mol. The Balaban J connectivity index is 1.71. The largest absolute Gasteiger partial charge is 0.351 e. The minimum atomic E-state index is -0.128. The average molecular weight is 354 g/mol. The molecule has 1 fully saturated rings. The molecule has 138 valence electrons. The van der Waals surface area contributed by atoms with E-state index in [1.807, 2.05) is 35.0 Å². The van der Waals surface area contributed by atoms with Gasteiger partial charge in [0.2, 0.25) is 5.91 Å². The summed E-state index contributed by atoms with van der Waals surface area (Å²) in [4.78, 5) is 28.6. The molecule has 6 nitrogen and oxygen atoms in total. The number of benzene rings is 1. The van der Waals surface area contributed by atoms with E-state index in [1.165, 1.54) is 0 Å². The Labute approximate surface area is 154 Å². The molecule has 1 aromatic carbocycles. The molecule has 0 spiro atoms. The second-order valence-electron chi connectivity index (χ2n) is 7.97. The quantitative estimate of drug-likeness (QED) is 0.885. The highest BCUT2D eigenvalue weighted by atomic mass is 16.2. The van der Waals surface area contributed by atoms with Gasteiger partial charge in [0.05, 0.1) is 18.4 Å². The molecule has 0 radical (unpaired) electrons. The van der Waals surface area contributed by atoms with Crippen LogP contribution in [0.1, 0.15) is 49.5 Å². The van der Waals surface area contributed by atoms with E-state index in [0.29, 0.717) is 24.9 Å². The lowest BCUT2D eigenvalue weighted by molar-refractivity contribution is -0.125. The topological polar surface area (TPSA) is 76.0 Å². The van der Waals surface area contributed by atoms with Crippen LogP contribution < -0.4 is 10.6 Å². The third kappa shape index (κ3) is 4.31. The Morgan fingerprint density at radius 2 is 2.19 bits per heavy atom. The van der Waals surface area contributed by atoms with Crippen molar-refractivity contribution in [2.24, 2.45) is 5.41 Å². The van der Waals surface area contributed by atoms with Gasteiger partial charge in [-0.2, -0.15) is 0 Å². The molecule has 6 heteroatoms. The van der Waals surface area contributed by atoms with Crippen molar-refractivity contribution < 1.29 is 9.59 Å². The summed E-state index contributed by atoms with van der Waals surface area (Å²) in [7, 11) is 0. The highest BCUT2D eigenvalue weighted by Crippen LogP contribution is 2.27. The van der Waals surface area contributed by atoms with E-state index < -0.39 is 0 Å². The molecule has 2 atom stereocenters. The molecule has 0 bridgehead atoms. The first-order valence-corrected chi connectivity index (χ1v) is 8.98. The predicted octanol–water partition coefficient (Wildman–Crippen LogP) is 2.35. The fourth-order valence-electron chi connectivity index (χ4n) is 3.43. The number of piperidine rings is 1. The molecule has 2 amide bonds. The van der Waals surface area contributed by atoms with E-state index in [1.54, 1.807) is 12.5 Å². The Kier molecular flexibility index (Phi) is 5.11. The van der Waals surface area contributed by atoms with Crippen LogP contribution in [0, 0.1) is 5.41 Å². The molecule has 0 saturated carbocycles. The minimum absolute atomic E-state index is 0.0535. The molecular formula is C20H26N4O2. The maximum Gasteiger partial charge on any atom is 0.251 e. The molecule has 2 heterocycles. The molecular weight excluding hydrogens is 328 g/mol. The Bertz CT molecular complexity index is 777. The molecule has 26 heavy (non-hydrogen) atoms. The van der Waals surface area contributed by atoms with Gasteiger partial charge in [0.25, 0.3) is 5.91 Å². The summed E-state index contributed by atoms with van der Waals surface area (Å²) in [6, 6.07) is 7.46. The lowest BCUT2D eigenvalue weighted by Crippen LogP contribution is -2.60. The van der Waals surface area contributed by atoms with Crippen LogP contribution in [-0.2, 0) is 11.3 Å². The number of imidazole rings is 1. The molecule has 1 saturated heterocycles. The van der Waals surface area contributed by atoms with Crippen molar-refractivity contribution in [1.29, 1.82) is 0 Å². The van der Waals surface area contributed by atoms with Gasteiger partial charge in [0, 0.05) is 30.9 Å². The summed E-state index contributed by atoms with van der Waals surface area (Å²) in [6.45, 7) is 6.90. The summed E-state index contributed by atoms with van der Waals surface area (Å²) in [5.74, 6) is -0.0503. The number of rotatable bonds is 4. The van der Waals surface area contributed by atoms with Gasteiger partial charge in [-0.25, -0.2) is 4.98 Å². The van der Waals surface area contributed by atoms with Crippen molar-refractivity contribution in [3.05, 3.63) is 54.1 Å². The summed E-state index contributed by atoms with van der Waals surface area (Å²) >= 11 is 0. The first-order chi connectivity index (χ1) is 12.3. The van der Waals surface area contributed by atoms with Gasteiger partial charge in [-0.15, -0.1) is 0 Å². The molecule has 2 N–H and O–H groups in total. The Morgan fingerprint density at radius 3 is 2.88 bits per heavy atom. The van der Waals surface area contributed by atoms with Crippen LogP contribution in [0.25, 0.3) is 0 Å². The lowest BCUT2D eigenvalue weighted by atomic mass is 9.78. The van der Waals surface area contributed by atoms with Crippen LogP contribution in [0.4, 0.5) is 0 Å². The lowest BCUT2D eigenvalue weighted by Gasteiger charge is -2.41. The van der Waals surface area contributed by atoms with Crippen LogP contribution in [0.3, 0.4) is 0 Å². The van der Waals surface area contributed by atoms with E-state index in [-0.39, 0.29) is 29.3 Å². The molecule has 1 aliphatic rings. The zero-order valence-electron chi connectivity index (χ0n) is 15.5. The van der Waals surface area contributed by atoms with Crippen molar-refractivity contribution in [3.63, 3.8) is 0 Å². The summed E-state index contributed by atoms with van der Waals surface area (Å²) < 4.78 is 1.96. The third-order valence-corrected chi connectivity index (χ3v) is 4.76. The molecule has 1 aliphatic heterocycles. The number of nitrogens with zero attached hydrogens (tertiary/aromatic N) is 2. The van der Waals surface area contributed by atoms with Crippen molar-refractivity contribution >= 4 is 11.8 Å². The highest BCUT2D eigenvalue weighted by molar-refractivity contribution is 5.94. The first-order valence-electron chi connectivity index (χ1n) is 8.98. The van der Waals surface area contributed by atoms with Gasteiger partial charge < -0.3 is 15.2 Å². The van der Waals surface area contributed by atoms with Gasteiger partial charge in [-0.05, 0) is 29.5 Å². The molecule has 3 rings (SSSR count). The number of nitrogens with one attached hydrogen (secondary N) is 2. The van der Waals surface area contributed by atoms with Crippen LogP contribution in [0.15, 0.2) is 43.0 Å². The zero-order chi connectivity index (χ0) is 18.7. The van der Waals surface area contributed by atoms with Gasteiger partial charge >= 0.3 is 0 Å². The highest BCUT2D eigenvalue weighted by Gasteiger charge is 2.37. The van der Waals surface area contributed by atoms with Crippen molar-refractivity contribution in [2.45, 2.75) is 52.2 Å². The zero-order valence-corrected chi connectivity index (χ0v) is 15.5. The van der Waals surface area contributed by atoms with Crippen molar-refractivity contribution in [1.82, 2.24) is 20.2 Å². The maximum atomic E-state index is 12.8. The van der Waals surface area contributed by atoms with Crippen molar-refractivity contribution in [2.75, 3.05) is 0 Å². The molecule has 2 aromatic rings. The Morgan fingerprint density at radius 1 is 1.38 bits per heavy atom. The molecule has 0 unspecified atom stereocenters. The monoisotopic (exact) mass is 354 g/mol. The van der Waals surface area contributed by atoms with Crippen LogP contribution in [0.2, 0.25) is 0 Å². The smallest absolute Gasteiger partial charge is 0.251 e. The van der Waals surface area contributed by atoms with E-state index in [0.717, 1.165) is 5.56 Å². The van der Waals surface area contributed by atoms with E-state index in [2.05, 4.69) is 36.4 Å². The van der Waals surface area contributed by atoms with Gasteiger partial charge in [0.15, 0.2) is 0 Å². The van der Waals surface area contributed by atoms with E-state index in [9.17, 15) is 9.59 Å². The van der Waals surface area contributed by atoms with Gasteiger partial charge in [-0.3, -0.25) is 9.59 Å². The van der Waals surface area contributed by atoms with Crippen molar-refractivity contribution in [3.8, 4) is 0 Å². The second kappa shape index (κ2) is 7.32. The fraction of sp³-hybridized carbons (Fsp3) is 0.450. The number of aromatic nitrogens is 2. The minimum Gasteiger partial charge on any atom is -0.351 e. The third-order valence-electron chi connectivity index (χ3n) is 4.76. The molecule has 0 aliphatic carbocycles. The van der Waals surface area contributed by atoms with Crippen LogP contribution in [0.5, 0.6) is 0 Å². The molecule has 1 aromatic heterocycles. The fourth-order valence-corrected chi connectivity index (χ4v) is 3.43.